The lowest BCUT2D eigenvalue weighted by molar-refractivity contribution is -0.114. The van der Waals surface area contributed by atoms with Crippen LogP contribution in [-0.2, 0) is 11.3 Å². The first-order valence-corrected chi connectivity index (χ1v) is 6.97. The van der Waals surface area contributed by atoms with Crippen LogP contribution >= 0.6 is 0 Å². The van der Waals surface area contributed by atoms with Crippen molar-refractivity contribution in [2.45, 2.75) is 32.7 Å². The highest BCUT2D eigenvalue weighted by atomic mass is 16.1. The smallest absolute Gasteiger partial charge is 0.221 e. The molecule has 1 aromatic rings. The van der Waals surface area contributed by atoms with Crippen molar-refractivity contribution in [2.75, 3.05) is 11.9 Å². The van der Waals surface area contributed by atoms with Crippen molar-refractivity contribution in [1.82, 2.24) is 5.32 Å². The fraction of sp³-hybridized carbons (Fsp3) is 0.438. The van der Waals surface area contributed by atoms with Crippen LogP contribution in [0.4, 0.5) is 5.69 Å². The SMILES string of the molecule is CC(=O)Nc1ccccc1CNCC1CC=CCC1. The first-order chi connectivity index (χ1) is 9.25. The summed E-state index contributed by atoms with van der Waals surface area (Å²) < 4.78 is 0. The van der Waals surface area contributed by atoms with Gasteiger partial charge in [0.1, 0.15) is 0 Å². The number of anilines is 1. The molecule has 3 nitrogen and oxygen atoms in total. The average Bonchev–Trinajstić information content (AvgIpc) is 2.41. The number of nitrogens with one attached hydrogen (secondary N) is 2. The van der Waals surface area contributed by atoms with Gasteiger partial charge in [0, 0.05) is 19.2 Å². The van der Waals surface area contributed by atoms with Gasteiger partial charge in [-0.1, -0.05) is 30.4 Å². The summed E-state index contributed by atoms with van der Waals surface area (Å²) in [6.45, 7) is 3.38. The zero-order chi connectivity index (χ0) is 13.5. The van der Waals surface area contributed by atoms with Crippen LogP contribution in [-0.4, -0.2) is 12.5 Å². The molecule has 102 valence electrons. The number of carbonyl (C=O) groups excluding carboxylic acids is 1. The number of benzene rings is 1. The summed E-state index contributed by atoms with van der Waals surface area (Å²) in [6.07, 6.45) is 8.20. The summed E-state index contributed by atoms with van der Waals surface area (Å²) in [5.41, 5.74) is 2.05. The van der Waals surface area contributed by atoms with Gasteiger partial charge in [0.15, 0.2) is 0 Å². The van der Waals surface area contributed by atoms with E-state index in [4.69, 9.17) is 0 Å². The van der Waals surface area contributed by atoms with Crippen LogP contribution in [0.15, 0.2) is 36.4 Å². The summed E-state index contributed by atoms with van der Waals surface area (Å²) in [5, 5.41) is 6.37. The molecular formula is C16H22N2O. The fourth-order valence-electron chi connectivity index (χ4n) is 2.44. The van der Waals surface area contributed by atoms with Crippen molar-refractivity contribution >= 4 is 11.6 Å². The quantitative estimate of drug-likeness (QED) is 0.797. The Balaban J connectivity index is 1.84. The molecule has 1 aromatic carbocycles. The van der Waals surface area contributed by atoms with Gasteiger partial charge in [0.2, 0.25) is 5.91 Å². The molecule has 3 heteroatoms. The van der Waals surface area contributed by atoms with E-state index in [9.17, 15) is 4.79 Å². The summed E-state index contributed by atoms with van der Waals surface area (Å²) in [4.78, 5) is 11.1. The average molecular weight is 258 g/mol. The lowest BCUT2D eigenvalue weighted by atomic mass is 9.94. The Kier molecular flexibility index (Phi) is 5.16. The van der Waals surface area contributed by atoms with Crippen molar-refractivity contribution in [1.29, 1.82) is 0 Å². The molecule has 2 rings (SSSR count). The Hall–Kier alpha value is -1.61. The van der Waals surface area contributed by atoms with Gasteiger partial charge in [0.25, 0.3) is 0 Å². The van der Waals surface area contributed by atoms with Crippen molar-refractivity contribution < 1.29 is 4.79 Å². The van der Waals surface area contributed by atoms with Crippen molar-refractivity contribution in [2.24, 2.45) is 5.92 Å². The van der Waals surface area contributed by atoms with E-state index in [-0.39, 0.29) is 5.91 Å². The Morgan fingerprint density at radius 3 is 2.89 bits per heavy atom. The molecule has 1 unspecified atom stereocenters. The highest BCUT2D eigenvalue weighted by Crippen LogP contribution is 2.18. The van der Waals surface area contributed by atoms with Crippen molar-refractivity contribution in [3.63, 3.8) is 0 Å². The van der Waals surface area contributed by atoms with E-state index in [1.807, 2.05) is 18.2 Å². The van der Waals surface area contributed by atoms with Gasteiger partial charge in [-0.05, 0) is 43.4 Å². The Morgan fingerprint density at radius 2 is 2.16 bits per heavy atom. The number of hydrogen-bond acceptors (Lipinski definition) is 2. The molecule has 0 heterocycles. The third kappa shape index (κ3) is 4.52. The topological polar surface area (TPSA) is 41.1 Å². The molecule has 0 aromatic heterocycles. The Morgan fingerprint density at radius 1 is 1.32 bits per heavy atom. The lowest BCUT2D eigenvalue weighted by Gasteiger charge is -2.18. The molecule has 2 N–H and O–H groups in total. The lowest BCUT2D eigenvalue weighted by Crippen LogP contribution is -2.23. The molecular weight excluding hydrogens is 236 g/mol. The zero-order valence-electron chi connectivity index (χ0n) is 11.5. The normalized spacial score (nSPS) is 18.3. The number of hydrogen-bond donors (Lipinski definition) is 2. The summed E-state index contributed by atoms with van der Waals surface area (Å²) in [7, 11) is 0. The van der Waals surface area contributed by atoms with Crippen LogP contribution in [0.5, 0.6) is 0 Å². The van der Waals surface area contributed by atoms with E-state index in [0.29, 0.717) is 0 Å². The second kappa shape index (κ2) is 7.10. The van der Waals surface area contributed by atoms with E-state index in [1.54, 1.807) is 6.92 Å². The van der Waals surface area contributed by atoms with Crippen LogP contribution in [0.3, 0.4) is 0 Å². The Bertz CT molecular complexity index is 454. The third-order valence-electron chi connectivity index (χ3n) is 3.45. The van der Waals surface area contributed by atoms with E-state index >= 15 is 0 Å². The number of carbonyl (C=O) groups is 1. The first-order valence-electron chi connectivity index (χ1n) is 6.97. The van der Waals surface area contributed by atoms with Crippen LogP contribution < -0.4 is 10.6 Å². The molecule has 1 atom stereocenters. The molecule has 0 radical (unpaired) electrons. The van der Waals surface area contributed by atoms with E-state index in [2.05, 4.69) is 28.9 Å². The Labute approximate surface area is 115 Å². The number of rotatable bonds is 5. The number of para-hydroxylation sites is 1. The standard InChI is InChI=1S/C16H22N2O/c1-13(19)18-16-10-6-5-9-15(16)12-17-11-14-7-3-2-4-8-14/h2-3,5-6,9-10,14,17H,4,7-8,11-12H2,1H3,(H,18,19). The number of allylic oxidation sites excluding steroid dienone is 2. The molecule has 19 heavy (non-hydrogen) atoms. The maximum absolute atomic E-state index is 11.1. The fourth-order valence-corrected chi connectivity index (χ4v) is 2.44. The second-order valence-corrected chi connectivity index (χ2v) is 5.12. The van der Waals surface area contributed by atoms with Crippen LogP contribution in [0, 0.1) is 5.92 Å². The van der Waals surface area contributed by atoms with Gasteiger partial charge in [-0.2, -0.15) is 0 Å². The monoisotopic (exact) mass is 258 g/mol. The summed E-state index contributed by atoms with van der Waals surface area (Å²) >= 11 is 0. The molecule has 1 aliphatic carbocycles. The first kappa shape index (κ1) is 13.8. The maximum atomic E-state index is 11.1. The van der Waals surface area contributed by atoms with Crippen molar-refractivity contribution in [3.8, 4) is 0 Å². The minimum Gasteiger partial charge on any atom is -0.326 e. The highest BCUT2D eigenvalue weighted by molar-refractivity contribution is 5.89. The molecule has 0 aliphatic heterocycles. The van der Waals surface area contributed by atoms with Gasteiger partial charge < -0.3 is 10.6 Å². The minimum absolute atomic E-state index is 0.0233. The zero-order valence-corrected chi connectivity index (χ0v) is 11.5. The van der Waals surface area contributed by atoms with Crippen LogP contribution in [0.25, 0.3) is 0 Å². The predicted octanol–water partition coefficient (Wildman–Crippen LogP) is 3.09. The van der Waals surface area contributed by atoms with E-state index < -0.39 is 0 Å². The van der Waals surface area contributed by atoms with E-state index in [0.717, 1.165) is 30.3 Å². The summed E-state index contributed by atoms with van der Waals surface area (Å²) in [5.74, 6) is 0.725. The largest absolute Gasteiger partial charge is 0.326 e. The van der Waals surface area contributed by atoms with Crippen LogP contribution in [0.1, 0.15) is 31.7 Å². The third-order valence-corrected chi connectivity index (χ3v) is 3.45. The number of amides is 1. The van der Waals surface area contributed by atoms with E-state index in [1.165, 1.54) is 19.3 Å². The van der Waals surface area contributed by atoms with Gasteiger partial charge in [-0.3, -0.25) is 4.79 Å². The maximum Gasteiger partial charge on any atom is 0.221 e. The molecule has 1 aliphatic rings. The predicted molar refractivity (Wildman–Crippen MR) is 78.9 cm³/mol. The molecule has 0 saturated carbocycles. The highest BCUT2D eigenvalue weighted by Gasteiger charge is 2.09. The second-order valence-electron chi connectivity index (χ2n) is 5.12. The molecule has 0 spiro atoms. The minimum atomic E-state index is -0.0233. The van der Waals surface area contributed by atoms with Crippen LogP contribution in [0.2, 0.25) is 0 Å². The summed E-state index contributed by atoms with van der Waals surface area (Å²) in [6, 6.07) is 7.95. The van der Waals surface area contributed by atoms with Gasteiger partial charge in [0.05, 0.1) is 0 Å². The van der Waals surface area contributed by atoms with Gasteiger partial charge >= 0.3 is 0 Å². The molecule has 0 bridgehead atoms. The molecule has 0 saturated heterocycles. The van der Waals surface area contributed by atoms with Crippen molar-refractivity contribution in [3.05, 3.63) is 42.0 Å². The van der Waals surface area contributed by atoms with Gasteiger partial charge in [-0.15, -0.1) is 0 Å². The molecule has 0 fully saturated rings. The van der Waals surface area contributed by atoms with Gasteiger partial charge in [-0.25, -0.2) is 0 Å². The molecule has 1 amide bonds.